The van der Waals surface area contributed by atoms with Gasteiger partial charge in [-0.2, -0.15) is 0 Å². The van der Waals surface area contributed by atoms with Gasteiger partial charge in [0.15, 0.2) is 0 Å². The fraction of sp³-hybridized carbons (Fsp3) is 0.875. The number of carbonyl (C=O) groups excluding carboxylic acids is 1. The summed E-state index contributed by atoms with van der Waals surface area (Å²) in [5.74, 6) is -0.904. The average Bonchev–Trinajstić information content (AvgIpc) is 2.21. The largest absolute Gasteiger partial charge is 0.561 e. The van der Waals surface area contributed by atoms with Crippen molar-refractivity contribution in [3.8, 4) is 0 Å². The zero-order chi connectivity index (χ0) is 12.1. The molecule has 7 heteroatoms. The van der Waals surface area contributed by atoms with Crippen LogP contribution >= 0.6 is 7.82 Å². The first-order valence-corrected chi connectivity index (χ1v) is 6.24. The smallest absolute Gasteiger partial charge is 0.369 e. The van der Waals surface area contributed by atoms with Crippen molar-refractivity contribution in [3.05, 3.63) is 0 Å². The summed E-state index contributed by atoms with van der Waals surface area (Å²) in [5, 5.41) is 0. The molecule has 0 fully saturated rings. The minimum absolute atomic E-state index is 0.450. The maximum absolute atomic E-state index is 11.5. The second-order valence-corrected chi connectivity index (χ2v) is 4.51. The quantitative estimate of drug-likeness (QED) is 0.725. The summed E-state index contributed by atoms with van der Waals surface area (Å²) >= 11 is 0. The van der Waals surface area contributed by atoms with Crippen LogP contribution in [0.4, 0.5) is 4.53 Å². The van der Waals surface area contributed by atoms with Crippen LogP contribution in [0.2, 0.25) is 0 Å². The maximum atomic E-state index is 11.5. The van der Waals surface area contributed by atoms with Gasteiger partial charge in [-0.25, -0.2) is 4.57 Å². The first-order valence-electron chi connectivity index (χ1n) is 4.74. The van der Waals surface area contributed by atoms with Crippen molar-refractivity contribution >= 4 is 13.8 Å². The van der Waals surface area contributed by atoms with Crippen LogP contribution in [0.1, 0.15) is 40.0 Å². The van der Waals surface area contributed by atoms with Gasteiger partial charge in [-0.05, 0) is 23.8 Å². The van der Waals surface area contributed by atoms with E-state index >= 15 is 0 Å². The van der Waals surface area contributed by atoms with Crippen molar-refractivity contribution in [1.29, 1.82) is 0 Å². The number of hydrogen-bond donors (Lipinski definition) is 1. The molecule has 0 heterocycles. The molecular formula is C8H16FO5P. The lowest BCUT2D eigenvalue weighted by molar-refractivity contribution is -0.151. The lowest BCUT2D eigenvalue weighted by atomic mass is 9.80. The number of phosphoric acid groups is 1. The number of hydrogen-bond acceptors (Lipinski definition) is 4. The summed E-state index contributed by atoms with van der Waals surface area (Å²) in [5.41, 5.74) is -0.850. The van der Waals surface area contributed by atoms with Gasteiger partial charge in [-0.15, -0.1) is 0 Å². The predicted octanol–water partition coefficient (Wildman–Crippen LogP) is 2.75. The summed E-state index contributed by atoms with van der Waals surface area (Å²) in [7, 11) is -4.88. The van der Waals surface area contributed by atoms with Gasteiger partial charge in [0.1, 0.15) is 0 Å². The third-order valence-electron chi connectivity index (χ3n) is 2.75. The normalized spacial score (nSPS) is 15.8. The van der Waals surface area contributed by atoms with Gasteiger partial charge in [0.05, 0.1) is 5.41 Å². The molecule has 0 amide bonds. The first kappa shape index (κ1) is 14.6. The molecular weight excluding hydrogens is 226 g/mol. The van der Waals surface area contributed by atoms with Crippen molar-refractivity contribution < 1.29 is 28.0 Å². The molecule has 0 bridgehead atoms. The third kappa shape index (κ3) is 3.55. The molecule has 1 N–H and O–H groups in total. The Balaban J connectivity index is 4.75. The highest BCUT2D eigenvalue weighted by Gasteiger charge is 2.40. The second kappa shape index (κ2) is 5.58. The number of rotatable bonds is 6. The SMILES string of the molecule is CCC(CC)(CC)C(=O)OP(=O)(O)OF. The van der Waals surface area contributed by atoms with Gasteiger partial charge in [0.25, 0.3) is 0 Å². The predicted molar refractivity (Wildman–Crippen MR) is 51.4 cm³/mol. The van der Waals surface area contributed by atoms with Gasteiger partial charge < -0.3 is 4.52 Å². The van der Waals surface area contributed by atoms with Crippen LogP contribution in [0.5, 0.6) is 0 Å². The Morgan fingerprint density at radius 3 is 2.00 bits per heavy atom. The van der Waals surface area contributed by atoms with Crippen molar-refractivity contribution in [2.75, 3.05) is 0 Å². The fourth-order valence-electron chi connectivity index (χ4n) is 1.40. The van der Waals surface area contributed by atoms with E-state index < -0.39 is 19.2 Å². The number of phosphoric ester groups is 1. The molecule has 0 radical (unpaired) electrons. The van der Waals surface area contributed by atoms with Gasteiger partial charge >= 0.3 is 13.8 Å². The van der Waals surface area contributed by atoms with E-state index in [2.05, 4.69) is 9.25 Å². The molecule has 15 heavy (non-hydrogen) atoms. The highest BCUT2D eigenvalue weighted by atomic mass is 31.2. The molecule has 0 aromatic heterocycles. The standard InChI is InChI=1S/C8H16FO5P/c1-4-8(5-2,6-3)7(10)13-15(11,12)14-9/h4-6H2,1-3H3,(H,11,12). The molecule has 1 unspecified atom stereocenters. The van der Waals surface area contributed by atoms with E-state index in [1.165, 1.54) is 0 Å². The number of halogens is 1. The van der Waals surface area contributed by atoms with E-state index in [9.17, 15) is 13.9 Å². The molecule has 0 aromatic rings. The molecule has 0 rings (SSSR count). The van der Waals surface area contributed by atoms with Crippen LogP contribution in [0.15, 0.2) is 0 Å². The van der Waals surface area contributed by atoms with Crippen molar-refractivity contribution in [2.45, 2.75) is 40.0 Å². The summed E-state index contributed by atoms with van der Waals surface area (Å²) in [6, 6.07) is 0. The van der Waals surface area contributed by atoms with Gasteiger partial charge in [-0.3, -0.25) is 9.69 Å². The van der Waals surface area contributed by atoms with E-state index in [4.69, 9.17) is 4.89 Å². The Hall–Kier alpha value is -0.450. The van der Waals surface area contributed by atoms with Crippen molar-refractivity contribution in [1.82, 2.24) is 0 Å². The molecule has 5 nitrogen and oxygen atoms in total. The summed E-state index contributed by atoms with van der Waals surface area (Å²) in [6.45, 7) is 5.27. The minimum Gasteiger partial charge on any atom is -0.369 e. The zero-order valence-electron chi connectivity index (χ0n) is 9.03. The molecule has 90 valence electrons. The molecule has 0 saturated heterocycles. The summed E-state index contributed by atoms with van der Waals surface area (Å²) in [6.07, 6.45) is 1.35. The highest BCUT2D eigenvalue weighted by Crippen LogP contribution is 2.47. The van der Waals surface area contributed by atoms with E-state index in [0.717, 1.165) is 0 Å². The monoisotopic (exact) mass is 242 g/mol. The van der Waals surface area contributed by atoms with Crippen LogP contribution < -0.4 is 0 Å². The van der Waals surface area contributed by atoms with Gasteiger partial charge in [0.2, 0.25) is 0 Å². The second-order valence-electron chi connectivity index (χ2n) is 3.26. The molecule has 0 saturated carbocycles. The fourth-order valence-corrected chi connectivity index (χ4v) is 1.83. The lowest BCUT2D eigenvalue weighted by Gasteiger charge is -2.27. The van der Waals surface area contributed by atoms with E-state index in [-0.39, 0.29) is 0 Å². The average molecular weight is 242 g/mol. The lowest BCUT2D eigenvalue weighted by Crippen LogP contribution is -2.30. The maximum Gasteiger partial charge on any atom is 0.561 e. The molecule has 1 atom stereocenters. The summed E-state index contributed by atoms with van der Waals surface area (Å²) in [4.78, 5) is 20.2. The van der Waals surface area contributed by atoms with Crippen LogP contribution in [-0.4, -0.2) is 10.9 Å². The molecule has 0 spiro atoms. The molecule has 0 aliphatic rings. The van der Waals surface area contributed by atoms with E-state index in [1.807, 2.05) is 0 Å². The number of carbonyl (C=O) groups is 1. The van der Waals surface area contributed by atoms with Crippen molar-refractivity contribution in [2.24, 2.45) is 5.41 Å². The van der Waals surface area contributed by atoms with E-state index in [1.54, 1.807) is 20.8 Å². The molecule has 0 aliphatic heterocycles. The third-order valence-corrected chi connectivity index (χ3v) is 3.32. The van der Waals surface area contributed by atoms with Crippen molar-refractivity contribution in [3.63, 3.8) is 0 Å². The highest BCUT2D eigenvalue weighted by molar-refractivity contribution is 7.47. The van der Waals surface area contributed by atoms with Crippen LogP contribution in [0, 0.1) is 5.41 Å². The minimum atomic E-state index is -4.88. The Bertz CT molecular complexity index is 255. The Kier molecular flexibility index (Phi) is 5.42. The van der Waals surface area contributed by atoms with Gasteiger partial charge in [-0.1, -0.05) is 25.5 Å². The van der Waals surface area contributed by atoms with Crippen LogP contribution in [-0.2, 0) is 18.6 Å². The Morgan fingerprint density at radius 2 is 1.73 bits per heavy atom. The molecule has 0 aromatic carbocycles. The Morgan fingerprint density at radius 1 is 1.33 bits per heavy atom. The topological polar surface area (TPSA) is 72.8 Å². The van der Waals surface area contributed by atoms with Crippen LogP contribution in [0.3, 0.4) is 0 Å². The van der Waals surface area contributed by atoms with Gasteiger partial charge in [0, 0.05) is 0 Å². The van der Waals surface area contributed by atoms with E-state index in [0.29, 0.717) is 19.3 Å². The van der Waals surface area contributed by atoms with Crippen LogP contribution in [0.25, 0.3) is 0 Å². The zero-order valence-corrected chi connectivity index (χ0v) is 9.92. The summed E-state index contributed by atoms with van der Waals surface area (Å²) < 4.78 is 29.0. The Labute approximate surface area is 88.1 Å². The first-order chi connectivity index (χ1) is 6.87. The molecule has 0 aliphatic carbocycles.